The molecule has 1 heterocycles. The van der Waals surface area contributed by atoms with Gasteiger partial charge in [0, 0.05) is 18.7 Å². The molecule has 0 radical (unpaired) electrons. The summed E-state index contributed by atoms with van der Waals surface area (Å²) < 4.78 is 36.9. The molecule has 7 nitrogen and oxygen atoms in total. The third kappa shape index (κ3) is 4.60. The van der Waals surface area contributed by atoms with Gasteiger partial charge in [-0.2, -0.15) is 4.31 Å². The summed E-state index contributed by atoms with van der Waals surface area (Å²) in [6, 6.07) is 14.1. The van der Waals surface area contributed by atoms with Crippen LogP contribution in [-0.2, 0) is 19.5 Å². The van der Waals surface area contributed by atoms with Crippen molar-refractivity contribution in [3.8, 4) is 0 Å². The van der Waals surface area contributed by atoms with Crippen LogP contribution in [0.25, 0.3) is 0 Å². The van der Waals surface area contributed by atoms with Crippen molar-refractivity contribution in [3.05, 3.63) is 65.7 Å². The summed E-state index contributed by atoms with van der Waals surface area (Å²) in [4.78, 5) is 24.3. The van der Waals surface area contributed by atoms with Crippen LogP contribution in [0.5, 0.6) is 0 Å². The van der Waals surface area contributed by atoms with Crippen LogP contribution >= 0.6 is 0 Å². The lowest BCUT2D eigenvalue weighted by molar-refractivity contribution is 0.0474. The van der Waals surface area contributed by atoms with Crippen LogP contribution in [0, 0.1) is 0 Å². The summed E-state index contributed by atoms with van der Waals surface area (Å²) in [5, 5.41) is 0. The summed E-state index contributed by atoms with van der Waals surface area (Å²) in [7, 11) is -3.70. The van der Waals surface area contributed by atoms with Crippen LogP contribution in [0.1, 0.15) is 20.7 Å². The number of esters is 1. The number of hydrogen-bond acceptors (Lipinski definition) is 6. The highest BCUT2D eigenvalue weighted by Gasteiger charge is 2.27. The molecule has 0 spiro atoms. The number of benzene rings is 2. The maximum Gasteiger partial charge on any atom is 0.338 e. The zero-order valence-corrected chi connectivity index (χ0v) is 15.4. The highest BCUT2D eigenvalue weighted by Crippen LogP contribution is 2.18. The number of nitrogens with zero attached hydrogens (tertiary/aromatic N) is 1. The molecule has 1 aliphatic rings. The van der Waals surface area contributed by atoms with E-state index < -0.39 is 28.4 Å². The lowest BCUT2D eigenvalue weighted by atomic mass is 10.1. The van der Waals surface area contributed by atoms with Gasteiger partial charge in [-0.25, -0.2) is 13.2 Å². The van der Waals surface area contributed by atoms with E-state index in [1.807, 2.05) is 0 Å². The predicted molar refractivity (Wildman–Crippen MR) is 97.1 cm³/mol. The van der Waals surface area contributed by atoms with Crippen molar-refractivity contribution in [2.24, 2.45) is 0 Å². The molecule has 0 unspecified atom stereocenters. The highest BCUT2D eigenvalue weighted by atomic mass is 32.2. The van der Waals surface area contributed by atoms with E-state index in [4.69, 9.17) is 9.47 Å². The van der Waals surface area contributed by atoms with Crippen LogP contribution in [-0.4, -0.2) is 57.4 Å². The maximum absolute atomic E-state index is 12.7. The van der Waals surface area contributed by atoms with Gasteiger partial charge in [0.1, 0.15) is 0 Å². The number of morpholine rings is 1. The number of rotatable bonds is 6. The van der Waals surface area contributed by atoms with Gasteiger partial charge in [0.2, 0.25) is 10.0 Å². The second-order valence-corrected chi connectivity index (χ2v) is 7.85. The average molecular weight is 389 g/mol. The number of Topliss-reactive ketones (excluding diaryl/α,β-unsaturated/α-hetero) is 1. The SMILES string of the molecule is O=C(COC(=O)c1ccccc1)c1cccc(S(=O)(=O)N2CCOCC2)c1. The van der Waals surface area contributed by atoms with E-state index in [1.165, 1.54) is 28.6 Å². The van der Waals surface area contributed by atoms with E-state index in [2.05, 4.69) is 0 Å². The molecule has 0 saturated carbocycles. The topological polar surface area (TPSA) is 90.0 Å². The van der Waals surface area contributed by atoms with E-state index in [-0.39, 0.29) is 23.5 Å². The van der Waals surface area contributed by atoms with Gasteiger partial charge in [-0.3, -0.25) is 4.79 Å². The Kier molecular flexibility index (Phi) is 6.00. The van der Waals surface area contributed by atoms with Crippen molar-refractivity contribution in [2.75, 3.05) is 32.9 Å². The Balaban J connectivity index is 1.69. The molecule has 8 heteroatoms. The summed E-state index contributed by atoms with van der Waals surface area (Å²) >= 11 is 0. The predicted octanol–water partition coefficient (Wildman–Crippen LogP) is 1.75. The van der Waals surface area contributed by atoms with E-state index in [1.54, 1.807) is 30.3 Å². The van der Waals surface area contributed by atoms with Crippen LogP contribution in [0.2, 0.25) is 0 Å². The van der Waals surface area contributed by atoms with Crippen LogP contribution in [0.4, 0.5) is 0 Å². The molecule has 0 amide bonds. The Bertz CT molecular complexity index is 920. The van der Waals surface area contributed by atoms with Gasteiger partial charge >= 0.3 is 5.97 Å². The maximum atomic E-state index is 12.7. The molecule has 27 heavy (non-hydrogen) atoms. The lowest BCUT2D eigenvalue weighted by Gasteiger charge is -2.26. The number of ether oxygens (including phenoxy) is 2. The third-order valence-electron chi connectivity index (χ3n) is 4.11. The fourth-order valence-corrected chi connectivity index (χ4v) is 4.09. The largest absolute Gasteiger partial charge is 0.454 e. The van der Waals surface area contributed by atoms with Crippen molar-refractivity contribution in [3.63, 3.8) is 0 Å². The second kappa shape index (κ2) is 8.43. The molecule has 3 rings (SSSR count). The first kappa shape index (κ1) is 19.2. The Labute approximate surface area is 157 Å². The summed E-state index contributed by atoms with van der Waals surface area (Å²) in [5.41, 5.74) is 0.513. The minimum atomic E-state index is -3.70. The third-order valence-corrected chi connectivity index (χ3v) is 6.00. The highest BCUT2D eigenvalue weighted by molar-refractivity contribution is 7.89. The molecule has 0 aliphatic carbocycles. The molecule has 1 fully saturated rings. The van der Waals surface area contributed by atoms with Crippen molar-refractivity contribution in [1.82, 2.24) is 4.31 Å². The number of ketones is 1. The Morgan fingerprint density at radius 1 is 0.963 bits per heavy atom. The van der Waals surface area contributed by atoms with Gasteiger partial charge < -0.3 is 9.47 Å². The average Bonchev–Trinajstić information content (AvgIpc) is 2.73. The zero-order chi connectivity index (χ0) is 19.3. The molecule has 1 aliphatic heterocycles. The first-order chi connectivity index (χ1) is 13.0. The van der Waals surface area contributed by atoms with Crippen molar-refractivity contribution < 1.29 is 27.5 Å². The van der Waals surface area contributed by atoms with Gasteiger partial charge in [0.05, 0.1) is 23.7 Å². The molecule has 142 valence electrons. The molecule has 0 bridgehead atoms. The second-order valence-electron chi connectivity index (χ2n) is 5.91. The van der Waals surface area contributed by atoms with Gasteiger partial charge in [0.15, 0.2) is 12.4 Å². The standard InChI is InChI=1S/C19H19NO6S/c21-18(14-26-19(22)15-5-2-1-3-6-15)16-7-4-8-17(13-16)27(23,24)20-9-11-25-12-10-20/h1-8,13H,9-12,14H2. The number of carbonyl (C=O) groups excluding carboxylic acids is 2. The summed E-state index contributed by atoms with van der Waals surface area (Å²) in [6.45, 7) is 0.764. The molecule has 2 aromatic carbocycles. The van der Waals surface area contributed by atoms with Gasteiger partial charge in [0.25, 0.3) is 0 Å². The number of hydrogen-bond donors (Lipinski definition) is 0. The van der Waals surface area contributed by atoms with Gasteiger partial charge in [-0.1, -0.05) is 30.3 Å². The zero-order valence-electron chi connectivity index (χ0n) is 14.5. The molecule has 0 N–H and O–H groups in total. The first-order valence-electron chi connectivity index (χ1n) is 8.42. The molecule has 0 aromatic heterocycles. The van der Waals surface area contributed by atoms with Crippen LogP contribution < -0.4 is 0 Å². The minimum Gasteiger partial charge on any atom is -0.454 e. The van der Waals surface area contributed by atoms with Crippen LogP contribution in [0.3, 0.4) is 0 Å². The number of sulfonamides is 1. The fraction of sp³-hybridized carbons (Fsp3) is 0.263. The molecule has 0 atom stereocenters. The van der Waals surface area contributed by atoms with Crippen molar-refractivity contribution in [1.29, 1.82) is 0 Å². The monoisotopic (exact) mass is 389 g/mol. The van der Waals surface area contributed by atoms with Crippen molar-refractivity contribution in [2.45, 2.75) is 4.90 Å². The normalized spacial score (nSPS) is 15.3. The Morgan fingerprint density at radius 3 is 2.33 bits per heavy atom. The quantitative estimate of drug-likeness (QED) is 0.552. The summed E-state index contributed by atoms with van der Waals surface area (Å²) in [5.74, 6) is -1.08. The molecule has 1 saturated heterocycles. The van der Waals surface area contributed by atoms with E-state index in [9.17, 15) is 18.0 Å². The van der Waals surface area contributed by atoms with Crippen LogP contribution in [0.15, 0.2) is 59.5 Å². The molecular formula is C19H19NO6S. The smallest absolute Gasteiger partial charge is 0.338 e. The Morgan fingerprint density at radius 2 is 1.63 bits per heavy atom. The van der Waals surface area contributed by atoms with E-state index in [0.717, 1.165) is 0 Å². The van der Waals surface area contributed by atoms with Gasteiger partial charge in [-0.05, 0) is 24.3 Å². The van der Waals surface area contributed by atoms with Gasteiger partial charge in [-0.15, -0.1) is 0 Å². The first-order valence-corrected chi connectivity index (χ1v) is 9.86. The van der Waals surface area contributed by atoms with E-state index >= 15 is 0 Å². The number of carbonyl (C=O) groups is 2. The minimum absolute atomic E-state index is 0.0321. The molecule has 2 aromatic rings. The molecular weight excluding hydrogens is 370 g/mol. The fourth-order valence-electron chi connectivity index (χ4n) is 2.64. The van der Waals surface area contributed by atoms with E-state index in [0.29, 0.717) is 18.8 Å². The summed E-state index contributed by atoms with van der Waals surface area (Å²) in [6.07, 6.45) is 0. The lowest BCUT2D eigenvalue weighted by Crippen LogP contribution is -2.40. The van der Waals surface area contributed by atoms with Crippen molar-refractivity contribution >= 4 is 21.8 Å². The Hall–Kier alpha value is -2.55.